The van der Waals surface area contributed by atoms with E-state index in [0.717, 1.165) is 12.8 Å². The van der Waals surface area contributed by atoms with E-state index in [-0.39, 0.29) is 5.92 Å². The summed E-state index contributed by atoms with van der Waals surface area (Å²) in [5, 5.41) is 12.5. The highest BCUT2D eigenvalue weighted by atomic mass is 16.5. The second kappa shape index (κ2) is 7.21. The maximum atomic E-state index is 11.5. The van der Waals surface area contributed by atoms with Crippen LogP contribution in [0.3, 0.4) is 0 Å². The van der Waals surface area contributed by atoms with Crippen molar-refractivity contribution in [3.63, 3.8) is 0 Å². The summed E-state index contributed by atoms with van der Waals surface area (Å²) in [5.74, 6) is 0.201. The van der Waals surface area contributed by atoms with Crippen LogP contribution in [-0.2, 0) is 9.53 Å². The quantitative estimate of drug-likeness (QED) is 0.811. The molecule has 0 aromatic carbocycles. The Balaban J connectivity index is 1.98. The van der Waals surface area contributed by atoms with Crippen LogP contribution in [0.1, 0.15) is 12.8 Å². The van der Waals surface area contributed by atoms with Gasteiger partial charge < -0.3 is 20.1 Å². The lowest BCUT2D eigenvalue weighted by Gasteiger charge is -2.27. The summed E-state index contributed by atoms with van der Waals surface area (Å²) in [6, 6.07) is 1.75. The van der Waals surface area contributed by atoms with E-state index >= 15 is 0 Å². The fourth-order valence-electron chi connectivity index (χ4n) is 2.45. The summed E-state index contributed by atoms with van der Waals surface area (Å²) in [5.41, 5.74) is 0. The molecule has 0 aliphatic carbocycles. The number of hydrogen-bond acceptors (Lipinski definition) is 6. The van der Waals surface area contributed by atoms with E-state index in [1.54, 1.807) is 17.2 Å². The van der Waals surface area contributed by atoms with Crippen LogP contribution in [0.2, 0.25) is 0 Å². The fraction of sp³-hybridized carbons (Fsp3) is 0.643. The number of rotatable bonds is 6. The molecular formula is C14H22N4O3. The third-order valence-corrected chi connectivity index (χ3v) is 3.70. The summed E-state index contributed by atoms with van der Waals surface area (Å²) >= 11 is 0. The molecule has 0 radical (unpaired) electrons. The Morgan fingerprint density at radius 1 is 1.52 bits per heavy atom. The van der Waals surface area contributed by atoms with Gasteiger partial charge in [0.05, 0.1) is 5.92 Å². The zero-order chi connectivity index (χ0) is 15.2. The number of carbonyl (C=O) groups is 1. The highest BCUT2D eigenvalue weighted by Gasteiger charge is 2.29. The first kappa shape index (κ1) is 15.5. The Hall–Kier alpha value is -1.89. The molecule has 2 N–H and O–H groups in total. The van der Waals surface area contributed by atoms with Crippen molar-refractivity contribution >= 4 is 17.7 Å². The molecule has 1 aliphatic heterocycles. The predicted molar refractivity (Wildman–Crippen MR) is 79.5 cm³/mol. The number of nitrogens with zero attached hydrogens (tertiary/aromatic N) is 3. The molecule has 1 saturated heterocycles. The second-order valence-electron chi connectivity index (χ2n) is 5.41. The van der Waals surface area contributed by atoms with E-state index in [1.165, 1.54) is 0 Å². The molecule has 1 unspecified atom stereocenters. The summed E-state index contributed by atoms with van der Waals surface area (Å²) in [7, 11) is 3.72. The standard InChI is InChI=1S/C14H22N4O3/c1-18(2)14-15-6-3-12(17-14)16-9-11(13(19)20)10-4-7-21-8-5-10/h3,6,10-11H,4-5,7-9H2,1-2H3,(H,19,20)(H,15,16,17). The molecule has 116 valence electrons. The highest BCUT2D eigenvalue weighted by molar-refractivity contribution is 5.71. The third kappa shape index (κ3) is 4.29. The number of aliphatic carboxylic acids is 1. The van der Waals surface area contributed by atoms with Crippen molar-refractivity contribution in [3.8, 4) is 0 Å². The number of aromatic nitrogens is 2. The van der Waals surface area contributed by atoms with Gasteiger partial charge in [-0.3, -0.25) is 4.79 Å². The monoisotopic (exact) mass is 294 g/mol. The predicted octanol–water partition coefficient (Wildman–Crippen LogP) is 1.08. The number of nitrogens with one attached hydrogen (secondary N) is 1. The molecule has 1 aromatic heterocycles. The topological polar surface area (TPSA) is 87.6 Å². The lowest BCUT2D eigenvalue weighted by molar-refractivity contribution is -0.144. The first-order chi connectivity index (χ1) is 10.1. The van der Waals surface area contributed by atoms with Crippen LogP contribution in [0, 0.1) is 11.8 Å². The zero-order valence-electron chi connectivity index (χ0n) is 12.5. The van der Waals surface area contributed by atoms with E-state index in [1.807, 2.05) is 14.1 Å². The molecule has 0 bridgehead atoms. The largest absolute Gasteiger partial charge is 0.481 e. The van der Waals surface area contributed by atoms with E-state index in [0.29, 0.717) is 31.5 Å². The van der Waals surface area contributed by atoms with Crippen LogP contribution in [0.15, 0.2) is 12.3 Å². The molecule has 7 heteroatoms. The van der Waals surface area contributed by atoms with Gasteiger partial charge in [0.2, 0.25) is 5.95 Å². The minimum atomic E-state index is -0.767. The molecule has 21 heavy (non-hydrogen) atoms. The van der Waals surface area contributed by atoms with Crippen LogP contribution >= 0.6 is 0 Å². The van der Waals surface area contributed by atoms with Crippen LogP contribution in [0.5, 0.6) is 0 Å². The van der Waals surface area contributed by atoms with Crippen LogP contribution < -0.4 is 10.2 Å². The average Bonchev–Trinajstić information content (AvgIpc) is 2.48. The molecule has 0 saturated carbocycles. The smallest absolute Gasteiger partial charge is 0.308 e. The first-order valence-corrected chi connectivity index (χ1v) is 7.12. The Morgan fingerprint density at radius 3 is 2.86 bits per heavy atom. The van der Waals surface area contributed by atoms with Gasteiger partial charge in [-0.2, -0.15) is 4.98 Å². The molecule has 0 spiro atoms. The summed E-state index contributed by atoms with van der Waals surface area (Å²) in [4.78, 5) is 21.7. The Labute approximate surface area is 124 Å². The summed E-state index contributed by atoms with van der Waals surface area (Å²) in [6.45, 7) is 1.66. The minimum Gasteiger partial charge on any atom is -0.481 e. The average molecular weight is 294 g/mol. The zero-order valence-corrected chi connectivity index (χ0v) is 12.5. The molecule has 7 nitrogen and oxygen atoms in total. The molecule has 1 atom stereocenters. The van der Waals surface area contributed by atoms with Crippen LogP contribution in [-0.4, -0.2) is 54.9 Å². The van der Waals surface area contributed by atoms with Gasteiger partial charge in [0, 0.05) is 40.1 Å². The van der Waals surface area contributed by atoms with Crippen molar-refractivity contribution in [2.75, 3.05) is 44.1 Å². The van der Waals surface area contributed by atoms with Crippen molar-refractivity contribution in [2.45, 2.75) is 12.8 Å². The SMILES string of the molecule is CN(C)c1nccc(NCC(C(=O)O)C2CCOCC2)n1. The van der Waals surface area contributed by atoms with Gasteiger partial charge in [-0.25, -0.2) is 4.98 Å². The third-order valence-electron chi connectivity index (χ3n) is 3.70. The molecule has 1 fully saturated rings. The van der Waals surface area contributed by atoms with Crippen molar-refractivity contribution in [3.05, 3.63) is 12.3 Å². The van der Waals surface area contributed by atoms with Gasteiger partial charge in [-0.05, 0) is 24.8 Å². The van der Waals surface area contributed by atoms with Gasteiger partial charge in [0.25, 0.3) is 0 Å². The van der Waals surface area contributed by atoms with E-state index in [4.69, 9.17) is 4.74 Å². The number of anilines is 2. The Bertz CT molecular complexity index is 475. The number of hydrogen-bond donors (Lipinski definition) is 2. The molecule has 0 amide bonds. The fourth-order valence-corrected chi connectivity index (χ4v) is 2.45. The van der Waals surface area contributed by atoms with Crippen molar-refractivity contribution in [2.24, 2.45) is 11.8 Å². The van der Waals surface area contributed by atoms with Crippen LogP contribution in [0.4, 0.5) is 11.8 Å². The van der Waals surface area contributed by atoms with Crippen molar-refractivity contribution < 1.29 is 14.6 Å². The number of carboxylic acid groups (broad SMARTS) is 1. The second-order valence-corrected chi connectivity index (χ2v) is 5.41. The van der Waals surface area contributed by atoms with Gasteiger partial charge in [-0.1, -0.05) is 0 Å². The summed E-state index contributed by atoms with van der Waals surface area (Å²) < 4.78 is 5.30. The van der Waals surface area contributed by atoms with Crippen molar-refractivity contribution in [1.82, 2.24) is 9.97 Å². The highest BCUT2D eigenvalue weighted by Crippen LogP contribution is 2.24. The van der Waals surface area contributed by atoms with E-state index in [2.05, 4.69) is 15.3 Å². The maximum Gasteiger partial charge on any atom is 0.308 e. The van der Waals surface area contributed by atoms with Gasteiger partial charge >= 0.3 is 5.97 Å². The Kier molecular flexibility index (Phi) is 5.32. The number of carboxylic acids is 1. The van der Waals surface area contributed by atoms with E-state index in [9.17, 15) is 9.90 Å². The van der Waals surface area contributed by atoms with Gasteiger partial charge in [-0.15, -0.1) is 0 Å². The van der Waals surface area contributed by atoms with Gasteiger partial charge in [0.1, 0.15) is 5.82 Å². The molecule has 1 aromatic rings. The first-order valence-electron chi connectivity index (χ1n) is 7.12. The minimum absolute atomic E-state index is 0.152. The maximum absolute atomic E-state index is 11.5. The molecule has 2 heterocycles. The molecular weight excluding hydrogens is 272 g/mol. The lowest BCUT2D eigenvalue weighted by Crippen LogP contribution is -2.34. The van der Waals surface area contributed by atoms with Crippen molar-refractivity contribution in [1.29, 1.82) is 0 Å². The summed E-state index contributed by atoms with van der Waals surface area (Å²) in [6.07, 6.45) is 3.26. The van der Waals surface area contributed by atoms with E-state index < -0.39 is 11.9 Å². The molecule has 1 aliphatic rings. The van der Waals surface area contributed by atoms with Gasteiger partial charge in [0.15, 0.2) is 0 Å². The number of ether oxygens (including phenoxy) is 1. The lowest BCUT2D eigenvalue weighted by atomic mass is 9.86. The molecule has 2 rings (SSSR count). The van der Waals surface area contributed by atoms with Crippen LogP contribution in [0.25, 0.3) is 0 Å². The Morgan fingerprint density at radius 2 is 2.24 bits per heavy atom. The normalized spacial score (nSPS) is 17.2.